The number of halogens is 1. The van der Waals surface area contributed by atoms with Crippen LogP contribution < -0.4 is 20.5 Å². The molecule has 0 bridgehead atoms. The summed E-state index contributed by atoms with van der Waals surface area (Å²) < 4.78 is 18.5. The Hall–Kier alpha value is -3.01. The van der Waals surface area contributed by atoms with Gasteiger partial charge in [0.1, 0.15) is 22.6 Å². The number of anilines is 1. The second-order valence-corrected chi connectivity index (χ2v) is 9.65. The summed E-state index contributed by atoms with van der Waals surface area (Å²) in [5.41, 5.74) is 9.47. The van der Waals surface area contributed by atoms with Crippen LogP contribution in [0, 0.1) is 12.7 Å². The van der Waals surface area contributed by atoms with E-state index in [2.05, 4.69) is 32.9 Å². The highest BCUT2D eigenvalue weighted by Crippen LogP contribution is 2.35. The number of carbonyl (C=O) groups excluding carboxylic acids is 1. The van der Waals surface area contributed by atoms with E-state index >= 15 is 0 Å². The number of amides is 1. The average molecular weight is 482 g/mol. The summed E-state index contributed by atoms with van der Waals surface area (Å²) in [6, 6.07) is 14.2. The number of nitrogens with zero attached hydrogens (tertiary/aromatic N) is 3. The monoisotopic (exact) mass is 481 g/mol. The van der Waals surface area contributed by atoms with E-state index in [1.54, 1.807) is 30.6 Å². The van der Waals surface area contributed by atoms with Crippen LogP contribution in [0.5, 0.6) is 5.75 Å². The zero-order valence-electron chi connectivity index (χ0n) is 19.3. The van der Waals surface area contributed by atoms with Crippen LogP contribution in [-0.2, 0) is 4.79 Å². The molecule has 0 saturated carbocycles. The summed E-state index contributed by atoms with van der Waals surface area (Å²) in [4.78, 5) is 23.2. The van der Waals surface area contributed by atoms with Gasteiger partial charge in [0.05, 0.1) is 18.8 Å². The van der Waals surface area contributed by atoms with Gasteiger partial charge in [0.2, 0.25) is 5.91 Å². The van der Waals surface area contributed by atoms with Gasteiger partial charge in [-0.1, -0.05) is 0 Å². The van der Waals surface area contributed by atoms with Crippen LogP contribution in [0.4, 0.5) is 10.1 Å². The number of hydrazine groups is 1. The van der Waals surface area contributed by atoms with Crippen LogP contribution in [0.3, 0.4) is 0 Å². The summed E-state index contributed by atoms with van der Waals surface area (Å²) in [6.07, 6.45) is 0.670. The van der Waals surface area contributed by atoms with Crippen LogP contribution >= 0.6 is 11.3 Å². The second-order valence-electron chi connectivity index (χ2n) is 8.62. The Bertz CT molecular complexity index is 1140. The molecule has 2 N–H and O–H groups in total. The van der Waals surface area contributed by atoms with Crippen LogP contribution in [0.15, 0.2) is 48.5 Å². The van der Waals surface area contributed by atoms with Gasteiger partial charge in [-0.3, -0.25) is 4.79 Å². The minimum Gasteiger partial charge on any atom is -0.497 e. The summed E-state index contributed by atoms with van der Waals surface area (Å²) >= 11 is 1.59. The smallest absolute Gasteiger partial charge is 0.241 e. The number of hydrogen-bond acceptors (Lipinski definition) is 7. The SMILES string of the molecule is COc1ccc(N2CCN(C(=O)C3CC(c4sc(-c5ccc(F)cc5)nc4C)NN3)CC2)cc1. The first-order valence-corrected chi connectivity index (χ1v) is 12.3. The van der Waals surface area contributed by atoms with Crippen molar-refractivity contribution in [1.82, 2.24) is 20.7 Å². The first kappa shape index (κ1) is 22.8. The number of methoxy groups -OCH3 is 1. The highest BCUT2D eigenvalue weighted by atomic mass is 32.1. The predicted molar refractivity (Wildman–Crippen MR) is 131 cm³/mol. The molecule has 2 fully saturated rings. The van der Waals surface area contributed by atoms with Crippen LogP contribution in [0.2, 0.25) is 0 Å². The maximum atomic E-state index is 13.3. The van der Waals surface area contributed by atoms with Gasteiger partial charge in [0, 0.05) is 42.3 Å². The fourth-order valence-corrected chi connectivity index (χ4v) is 5.67. The predicted octanol–water partition coefficient (Wildman–Crippen LogP) is 3.52. The van der Waals surface area contributed by atoms with E-state index in [1.165, 1.54) is 12.1 Å². The molecule has 2 aliphatic rings. The van der Waals surface area contributed by atoms with Crippen molar-refractivity contribution in [3.8, 4) is 16.3 Å². The number of ether oxygens (including phenoxy) is 1. The summed E-state index contributed by atoms with van der Waals surface area (Å²) in [5, 5.41) is 0.860. The Labute approximate surface area is 202 Å². The Kier molecular flexibility index (Phi) is 6.49. The van der Waals surface area contributed by atoms with Gasteiger partial charge in [-0.25, -0.2) is 20.2 Å². The largest absolute Gasteiger partial charge is 0.497 e. The molecule has 9 heteroatoms. The molecule has 178 valence electrons. The van der Waals surface area contributed by atoms with Crippen molar-refractivity contribution in [1.29, 1.82) is 0 Å². The molecule has 2 aliphatic heterocycles. The molecule has 2 saturated heterocycles. The van der Waals surface area contributed by atoms with Gasteiger partial charge in [-0.2, -0.15) is 0 Å². The molecule has 34 heavy (non-hydrogen) atoms. The number of piperazine rings is 1. The van der Waals surface area contributed by atoms with E-state index in [-0.39, 0.29) is 23.8 Å². The fraction of sp³-hybridized carbons (Fsp3) is 0.360. The lowest BCUT2D eigenvalue weighted by Crippen LogP contribution is -2.53. The molecule has 2 aromatic carbocycles. The van der Waals surface area contributed by atoms with E-state index in [4.69, 9.17) is 4.74 Å². The lowest BCUT2D eigenvalue weighted by molar-refractivity contribution is -0.133. The van der Waals surface area contributed by atoms with Gasteiger partial charge >= 0.3 is 0 Å². The molecule has 3 heterocycles. The quantitative estimate of drug-likeness (QED) is 0.581. The van der Waals surface area contributed by atoms with Crippen molar-refractivity contribution in [2.24, 2.45) is 0 Å². The molecule has 2 unspecified atom stereocenters. The van der Waals surface area contributed by atoms with Crippen molar-refractivity contribution >= 4 is 22.9 Å². The van der Waals surface area contributed by atoms with E-state index in [0.717, 1.165) is 45.7 Å². The topological polar surface area (TPSA) is 69.7 Å². The molecule has 1 amide bonds. The number of carbonyl (C=O) groups is 1. The Morgan fingerprint density at radius 1 is 1.06 bits per heavy atom. The number of benzene rings is 2. The first-order chi connectivity index (χ1) is 16.5. The van der Waals surface area contributed by atoms with E-state index in [1.807, 2.05) is 24.0 Å². The number of aryl methyl sites for hydroxylation is 1. The summed E-state index contributed by atoms with van der Waals surface area (Å²) in [6.45, 7) is 4.98. The number of hydrogen-bond donors (Lipinski definition) is 2. The highest BCUT2D eigenvalue weighted by molar-refractivity contribution is 7.15. The van der Waals surface area contributed by atoms with Crippen molar-refractivity contribution < 1.29 is 13.9 Å². The summed E-state index contributed by atoms with van der Waals surface area (Å²) in [5.74, 6) is 0.711. The van der Waals surface area contributed by atoms with E-state index in [0.29, 0.717) is 19.5 Å². The zero-order valence-corrected chi connectivity index (χ0v) is 20.1. The van der Waals surface area contributed by atoms with Crippen molar-refractivity contribution in [2.75, 3.05) is 38.2 Å². The molecule has 0 radical (unpaired) electrons. The molecular weight excluding hydrogens is 453 g/mol. The lowest BCUT2D eigenvalue weighted by atomic mass is 10.1. The van der Waals surface area contributed by atoms with E-state index in [9.17, 15) is 9.18 Å². The van der Waals surface area contributed by atoms with Gasteiger partial charge in [-0.15, -0.1) is 11.3 Å². The Morgan fingerprint density at radius 2 is 1.76 bits per heavy atom. The third kappa shape index (κ3) is 4.64. The molecular formula is C25H28FN5O2S. The highest BCUT2D eigenvalue weighted by Gasteiger charge is 2.35. The molecule has 5 rings (SSSR count). The zero-order chi connectivity index (χ0) is 23.7. The third-order valence-electron chi connectivity index (χ3n) is 6.47. The number of rotatable bonds is 5. The molecule has 2 atom stereocenters. The number of nitrogens with one attached hydrogen (secondary N) is 2. The minimum absolute atomic E-state index is 0.0150. The van der Waals surface area contributed by atoms with Crippen LogP contribution in [-0.4, -0.2) is 55.1 Å². The number of aromatic nitrogens is 1. The first-order valence-electron chi connectivity index (χ1n) is 11.4. The second kappa shape index (κ2) is 9.69. The van der Waals surface area contributed by atoms with Gasteiger partial charge in [0.25, 0.3) is 0 Å². The molecule has 7 nitrogen and oxygen atoms in total. The number of thiazole rings is 1. The van der Waals surface area contributed by atoms with Crippen LogP contribution in [0.25, 0.3) is 10.6 Å². The van der Waals surface area contributed by atoms with Crippen molar-refractivity contribution in [3.05, 3.63) is 64.9 Å². The van der Waals surface area contributed by atoms with Crippen molar-refractivity contribution in [3.63, 3.8) is 0 Å². The Balaban J connectivity index is 1.18. The molecule has 0 spiro atoms. The molecule has 3 aromatic rings. The van der Waals surface area contributed by atoms with Crippen molar-refractivity contribution in [2.45, 2.75) is 25.4 Å². The van der Waals surface area contributed by atoms with Crippen LogP contribution in [0.1, 0.15) is 23.0 Å². The normalized spacial score (nSPS) is 20.6. The lowest BCUT2D eigenvalue weighted by Gasteiger charge is -2.37. The van der Waals surface area contributed by atoms with Gasteiger partial charge < -0.3 is 14.5 Å². The Morgan fingerprint density at radius 3 is 2.44 bits per heavy atom. The summed E-state index contributed by atoms with van der Waals surface area (Å²) in [7, 11) is 1.66. The molecule has 0 aliphatic carbocycles. The molecule has 1 aromatic heterocycles. The minimum atomic E-state index is -0.270. The maximum Gasteiger partial charge on any atom is 0.241 e. The fourth-order valence-electron chi connectivity index (χ4n) is 4.54. The average Bonchev–Trinajstić information content (AvgIpc) is 3.51. The third-order valence-corrected chi connectivity index (χ3v) is 7.79. The maximum absolute atomic E-state index is 13.3. The van der Waals surface area contributed by atoms with E-state index < -0.39 is 0 Å². The standard InChI is InChI=1S/C25H28FN5O2S/c1-16-23(34-24(27-16)17-3-5-18(26)6-4-17)21-15-22(29-28-21)25(32)31-13-11-30(12-14-31)19-7-9-20(33-2)10-8-19/h3-10,21-22,28-29H,11-15H2,1-2H3. The van der Waals surface area contributed by atoms with Gasteiger partial charge in [0.15, 0.2) is 0 Å². The van der Waals surface area contributed by atoms with Gasteiger partial charge in [-0.05, 0) is 61.9 Å².